The maximum absolute atomic E-state index is 12.3. The van der Waals surface area contributed by atoms with Crippen molar-refractivity contribution in [3.8, 4) is 0 Å². The van der Waals surface area contributed by atoms with E-state index in [1.54, 1.807) is 18.2 Å². The molecule has 0 saturated heterocycles. The molecule has 22 heavy (non-hydrogen) atoms. The average molecular weight is 324 g/mol. The third kappa shape index (κ3) is 3.14. The van der Waals surface area contributed by atoms with Crippen LogP contribution in [0.15, 0.2) is 42.8 Å². The second-order valence-corrected chi connectivity index (χ2v) is 6.44. The van der Waals surface area contributed by atoms with Crippen LogP contribution in [0.4, 0.5) is 0 Å². The number of ketones is 1. The highest BCUT2D eigenvalue weighted by Crippen LogP contribution is 2.18. The Morgan fingerprint density at radius 3 is 2.64 bits per heavy atom. The second kappa shape index (κ2) is 5.98. The Morgan fingerprint density at radius 2 is 2.05 bits per heavy atom. The van der Waals surface area contributed by atoms with Gasteiger partial charge in [-0.2, -0.15) is 9.19 Å². The molecule has 0 bridgehead atoms. The van der Waals surface area contributed by atoms with Gasteiger partial charge in [-0.1, -0.05) is 24.3 Å². The molecular weight excluding hydrogens is 312 g/mol. The van der Waals surface area contributed by atoms with Gasteiger partial charge in [0.05, 0.1) is 18.0 Å². The molecule has 0 spiro atoms. The third-order valence-corrected chi connectivity index (χ3v) is 4.76. The van der Waals surface area contributed by atoms with E-state index in [0.717, 1.165) is 12.4 Å². The lowest BCUT2D eigenvalue weighted by Gasteiger charge is -2.13. The number of carbonyl (C=O) groups is 2. The van der Waals surface area contributed by atoms with Gasteiger partial charge in [0, 0.05) is 6.08 Å². The highest BCUT2D eigenvalue weighted by molar-refractivity contribution is 7.90. The van der Waals surface area contributed by atoms with Gasteiger partial charge in [0.15, 0.2) is 0 Å². The maximum Gasteiger partial charge on any atom is 0.376 e. The zero-order chi connectivity index (χ0) is 16.3. The number of aliphatic carboxylic acids is 1. The molecule has 2 rings (SSSR count). The summed E-state index contributed by atoms with van der Waals surface area (Å²) in [4.78, 5) is 21.4. The maximum atomic E-state index is 12.3. The first-order chi connectivity index (χ1) is 10.3. The van der Waals surface area contributed by atoms with E-state index in [1.165, 1.54) is 6.08 Å². The number of carboxylic acids is 1. The van der Waals surface area contributed by atoms with E-state index in [0.29, 0.717) is 16.6 Å². The molecule has 0 aliphatic heterocycles. The highest BCUT2D eigenvalue weighted by Gasteiger charge is 2.26. The van der Waals surface area contributed by atoms with Crippen LogP contribution in [0.2, 0.25) is 0 Å². The van der Waals surface area contributed by atoms with Gasteiger partial charge in [-0.3, -0.25) is 4.79 Å². The Hall–Kier alpha value is -2.68. The standard InChI is InChI=1S/C13H12N2O6S/c16-11(6-12(17)13(18)19)9-7-14-15(8-9)22(20,21)10-4-2-1-3-5-10/h1-4,6-8,10,16H,5H2,(H,18,19). The number of carbonyl (C=O) groups excluding carboxylic acids is 1. The molecule has 2 N–H and O–H groups in total. The van der Waals surface area contributed by atoms with Crippen LogP contribution in [0.1, 0.15) is 12.0 Å². The first-order valence-electron chi connectivity index (χ1n) is 6.13. The monoisotopic (exact) mass is 324 g/mol. The quantitative estimate of drug-likeness (QED) is 0.458. The topological polar surface area (TPSA) is 127 Å². The minimum absolute atomic E-state index is 0.0755. The van der Waals surface area contributed by atoms with Gasteiger partial charge < -0.3 is 10.2 Å². The van der Waals surface area contributed by atoms with Crippen LogP contribution >= 0.6 is 0 Å². The van der Waals surface area contributed by atoms with Crippen LogP contribution in [-0.4, -0.2) is 44.8 Å². The molecule has 1 aliphatic rings. The molecule has 0 aromatic carbocycles. The average Bonchev–Trinajstić information content (AvgIpc) is 2.98. The van der Waals surface area contributed by atoms with Gasteiger partial charge in [-0.15, -0.1) is 0 Å². The molecular formula is C13H12N2O6S. The van der Waals surface area contributed by atoms with Crippen molar-refractivity contribution in [1.29, 1.82) is 0 Å². The van der Waals surface area contributed by atoms with Crippen LogP contribution in [0, 0.1) is 0 Å². The predicted octanol–water partition coefficient (Wildman–Crippen LogP) is 0.498. The number of carboxylic acid groups (broad SMARTS) is 1. The summed E-state index contributed by atoms with van der Waals surface area (Å²) < 4.78 is 25.3. The van der Waals surface area contributed by atoms with Crippen molar-refractivity contribution in [2.45, 2.75) is 11.7 Å². The lowest BCUT2D eigenvalue weighted by molar-refractivity contribution is -0.146. The van der Waals surface area contributed by atoms with E-state index >= 15 is 0 Å². The SMILES string of the molecule is O=C(O)C(=O)C=C(O)c1cnn(S(=O)(=O)C2C=CC=CC2)c1. The first-order valence-corrected chi connectivity index (χ1v) is 7.63. The molecule has 0 radical (unpaired) electrons. The van der Waals surface area contributed by atoms with E-state index in [2.05, 4.69) is 5.10 Å². The molecule has 8 nitrogen and oxygen atoms in total. The smallest absolute Gasteiger partial charge is 0.376 e. The van der Waals surface area contributed by atoms with Crippen LogP contribution in [0.5, 0.6) is 0 Å². The molecule has 1 aliphatic carbocycles. The molecule has 1 aromatic heterocycles. The fourth-order valence-corrected chi connectivity index (χ4v) is 3.12. The Labute approximate surface area is 125 Å². The summed E-state index contributed by atoms with van der Waals surface area (Å²) in [6.07, 6.45) is 9.39. The van der Waals surface area contributed by atoms with Gasteiger partial charge in [-0.05, 0) is 6.42 Å². The number of hydrogen-bond acceptors (Lipinski definition) is 6. The summed E-state index contributed by atoms with van der Waals surface area (Å²) in [6, 6.07) is 0. The fourth-order valence-electron chi connectivity index (χ4n) is 1.76. The summed E-state index contributed by atoms with van der Waals surface area (Å²) >= 11 is 0. The Kier molecular flexibility index (Phi) is 4.27. The molecule has 1 aromatic rings. The van der Waals surface area contributed by atoms with Crippen LogP contribution in [0.3, 0.4) is 0 Å². The van der Waals surface area contributed by atoms with Gasteiger partial charge >= 0.3 is 5.97 Å². The fraction of sp³-hybridized carbons (Fsp3) is 0.154. The minimum Gasteiger partial charge on any atom is -0.507 e. The second-order valence-electron chi connectivity index (χ2n) is 4.43. The zero-order valence-corrected chi connectivity index (χ0v) is 12.0. The molecule has 0 fully saturated rings. The van der Waals surface area contributed by atoms with Gasteiger partial charge in [-0.25, -0.2) is 13.2 Å². The Bertz CT molecular complexity index is 800. The summed E-state index contributed by atoms with van der Waals surface area (Å²) in [6.45, 7) is 0. The van der Waals surface area contributed by atoms with E-state index < -0.39 is 32.8 Å². The predicted molar refractivity (Wildman–Crippen MR) is 76.5 cm³/mol. The van der Waals surface area contributed by atoms with Gasteiger partial charge in [0.1, 0.15) is 11.0 Å². The lowest BCUT2D eigenvalue weighted by atomic mass is 10.2. The molecule has 1 heterocycles. The summed E-state index contributed by atoms with van der Waals surface area (Å²) in [7, 11) is -3.79. The van der Waals surface area contributed by atoms with Crippen LogP contribution in [0.25, 0.3) is 5.76 Å². The van der Waals surface area contributed by atoms with Crippen LogP contribution < -0.4 is 0 Å². The van der Waals surface area contributed by atoms with E-state index in [1.807, 2.05) is 0 Å². The number of nitrogens with zero attached hydrogens (tertiary/aromatic N) is 2. The number of aliphatic hydroxyl groups excluding tert-OH is 1. The molecule has 116 valence electrons. The Balaban J connectivity index is 2.28. The van der Waals surface area contributed by atoms with E-state index in [9.17, 15) is 23.1 Å². The van der Waals surface area contributed by atoms with Crippen molar-refractivity contribution in [1.82, 2.24) is 9.19 Å². The van der Waals surface area contributed by atoms with Crippen molar-refractivity contribution in [3.63, 3.8) is 0 Å². The van der Waals surface area contributed by atoms with Crippen molar-refractivity contribution < 1.29 is 28.2 Å². The molecule has 0 amide bonds. The van der Waals surface area contributed by atoms with Crippen molar-refractivity contribution in [3.05, 3.63) is 48.3 Å². The third-order valence-electron chi connectivity index (χ3n) is 2.92. The lowest BCUT2D eigenvalue weighted by Crippen LogP contribution is -2.26. The highest BCUT2D eigenvalue weighted by atomic mass is 32.2. The summed E-state index contributed by atoms with van der Waals surface area (Å²) in [5, 5.41) is 20.9. The normalized spacial score (nSPS) is 18.4. The first kappa shape index (κ1) is 15.7. The number of aromatic nitrogens is 2. The molecule has 0 saturated carbocycles. The van der Waals surface area contributed by atoms with Crippen molar-refractivity contribution >= 4 is 27.5 Å². The van der Waals surface area contributed by atoms with Gasteiger partial charge in [0.25, 0.3) is 15.8 Å². The van der Waals surface area contributed by atoms with Crippen molar-refractivity contribution in [2.24, 2.45) is 0 Å². The number of aliphatic hydroxyl groups is 1. The largest absolute Gasteiger partial charge is 0.507 e. The number of hydrogen-bond donors (Lipinski definition) is 2. The van der Waals surface area contributed by atoms with E-state index in [-0.39, 0.29) is 5.56 Å². The van der Waals surface area contributed by atoms with Gasteiger partial charge in [0.2, 0.25) is 0 Å². The molecule has 1 unspecified atom stereocenters. The zero-order valence-electron chi connectivity index (χ0n) is 11.2. The number of rotatable bonds is 5. The molecule has 1 atom stereocenters. The van der Waals surface area contributed by atoms with Crippen molar-refractivity contribution in [2.75, 3.05) is 0 Å². The Morgan fingerprint density at radius 1 is 1.32 bits per heavy atom. The minimum atomic E-state index is -3.79. The summed E-state index contributed by atoms with van der Waals surface area (Å²) in [5.74, 6) is -3.73. The summed E-state index contributed by atoms with van der Waals surface area (Å²) in [5.41, 5.74) is -0.0755. The molecule has 9 heteroatoms. The number of allylic oxidation sites excluding steroid dienone is 3. The van der Waals surface area contributed by atoms with Crippen LogP contribution in [-0.2, 0) is 19.6 Å². The van der Waals surface area contributed by atoms with E-state index in [4.69, 9.17) is 5.11 Å².